The first-order valence-corrected chi connectivity index (χ1v) is 8.20. The first-order valence-electron chi connectivity index (χ1n) is 8.20. The maximum absolute atomic E-state index is 12.9. The SMILES string of the molecule is O=C(c1cc2ccccc2[nH]1)N1CCC[C@@H](Oc2ncc(F)cn2)C1. The second-order valence-corrected chi connectivity index (χ2v) is 6.09. The van der Waals surface area contributed by atoms with Gasteiger partial charge in [0.15, 0.2) is 5.82 Å². The molecular weight excluding hydrogens is 323 g/mol. The van der Waals surface area contributed by atoms with Gasteiger partial charge in [-0.2, -0.15) is 0 Å². The summed E-state index contributed by atoms with van der Waals surface area (Å²) in [7, 11) is 0. The standard InChI is InChI=1S/C18H17FN4O2/c19-13-9-20-18(21-10-13)25-14-5-3-7-23(11-14)17(24)16-8-12-4-1-2-6-15(12)22-16/h1-2,4,6,8-10,14,22H,3,5,7,11H2/t14-/m1/s1. The maximum Gasteiger partial charge on any atom is 0.316 e. The van der Waals surface area contributed by atoms with Crippen LogP contribution in [0.1, 0.15) is 23.3 Å². The summed E-state index contributed by atoms with van der Waals surface area (Å²) < 4.78 is 18.6. The summed E-state index contributed by atoms with van der Waals surface area (Å²) in [6, 6.07) is 9.78. The maximum atomic E-state index is 12.9. The van der Waals surface area contributed by atoms with Crippen LogP contribution < -0.4 is 4.74 Å². The van der Waals surface area contributed by atoms with Crippen LogP contribution in [-0.4, -0.2) is 45.0 Å². The molecule has 1 aliphatic heterocycles. The van der Waals surface area contributed by atoms with Crippen molar-refractivity contribution in [2.24, 2.45) is 0 Å². The number of likely N-dealkylation sites (tertiary alicyclic amines) is 1. The van der Waals surface area contributed by atoms with E-state index < -0.39 is 5.82 Å². The van der Waals surface area contributed by atoms with Crippen molar-refractivity contribution in [2.75, 3.05) is 13.1 Å². The number of fused-ring (bicyclic) bond motifs is 1. The summed E-state index contributed by atoms with van der Waals surface area (Å²) in [6.45, 7) is 1.13. The van der Waals surface area contributed by atoms with Crippen molar-refractivity contribution < 1.29 is 13.9 Å². The third-order valence-corrected chi connectivity index (χ3v) is 4.29. The molecule has 0 radical (unpaired) electrons. The van der Waals surface area contributed by atoms with Gasteiger partial charge in [-0.25, -0.2) is 14.4 Å². The minimum atomic E-state index is -0.508. The summed E-state index contributed by atoms with van der Waals surface area (Å²) in [4.78, 5) is 25.3. The second-order valence-electron chi connectivity index (χ2n) is 6.09. The number of benzene rings is 1. The van der Waals surface area contributed by atoms with Gasteiger partial charge >= 0.3 is 6.01 Å². The Bertz CT molecular complexity index is 860. The van der Waals surface area contributed by atoms with Gasteiger partial charge in [-0.3, -0.25) is 4.79 Å². The normalized spacial score (nSPS) is 17.6. The number of rotatable bonds is 3. The van der Waals surface area contributed by atoms with Crippen molar-refractivity contribution in [3.63, 3.8) is 0 Å². The van der Waals surface area contributed by atoms with Gasteiger partial charge in [0.2, 0.25) is 0 Å². The summed E-state index contributed by atoms with van der Waals surface area (Å²) in [5.74, 6) is -0.559. The highest BCUT2D eigenvalue weighted by molar-refractivity contribution is 5.98. The molecule has 0 bridgehead atoms. The third kappa shape index (κ3) is 3.31. The van der Waals surface area contributed by atoms with Crippen LogP contribution in [0.15, 0.2) is 42.7 Å². The predicted molar refractivity (Wildman–Crippen MR) is 89.8 cm³/mol. The topological polar surface area (TPSA) is 71.1 Å². The fraction of sp³-hybridized carbons (Fsp3) is 0.278. The van der Waals surface area contributed by atoms with E-state index in [4.69, 9.17) is 4.74 Å². The van der Waals surface area contributed by atoms with E-state index in [-0.39, 0.29) is 18.0 Å². The molecule has 3 heterocycles. The Morgan fingerprint density at radius 2 is 2.08 bits per heavy atom. The molecule has 25 heavy (non-hydrogen) atoms. The highest BCUT2D eigenvalue weighted by Crippen LogP contribution is 2.20. The number of ether oxygens (including phenoxy) is 1. The minimum absolute atomic E-state index is 0.0514. The van der Waals surface area contributed by atoms with Gasteiger partial charge in [-0.1, -0.05) is 18.2 Å². The van der Waals surface area contributed by atoms with E-state index in [2.05, 4.69) is 15.0 Å². The van der Waals surface area contributed by atoms with E-state index in [0.29, 0.717) is 18.8 Å². The van der Waals surface area contributed by atoms with E-state index in [0.717, 1.165) is 36.1 Å². The number of H-pyrrole nitrogens is 1. The molecule has 1 N–H and O–H groups in total. The van der Waals surface area contributed by atoms with Gasteiger partial charge < -0.3 is 14.6 Å². The summed E-state index contributed by atoms with van der Waals surface area (Å²) in [6.07, 6.45) is 3.57. The third-order valence-electron chi connectivity index (χ3n) is 4.29. The molecule has 1 aromatic carbocycles. The van der Waals surface area contributed by atoms with Crippen molar-refractivity contribution in [3.05, 3.63) is 54.2 Å². The van der Waals surface area contributed by atoms with Gasteiger partial charge in [0.25, 0.3) is 5.91 Å². The zero-order valence-corrected chi connectivity index (χ0v) is 13.5. The molecule has 0 saturated carbocycles. The highest BCUT2D eigenvalue weighted by Gasteiger charge is 2.27. The first-order chi connectivity index (χ1) is 12.2. The number of aromatic nitrogens is 3. The second kappa shape index (κ2) is 6.51. The van der Waals surface area contributed by atoms with Crippen LogP contribution in [0.5, 0.6) is 6.01 Å². The molecule has 4 rings (SSSR count). The molecule has 3 aromatic rings. The van der Waals surface area contributed by atoms with Gasteiger partial charge in [0, 0.05) is 17.4 Å². The van der Waals surface area contributed by atoms with Gasteiger partial charge in [0.1, 0.15) is 11.8 Å². The van der Waals surface area contributed by atoms with Crippen molar-refractivity contribution in [3.8, 4) is 6.01 Å². The monoisotopic (exact) mass is 340 g/mol. The largest absolute Gasteiger partial charge is 0.458 e. The molecule has 0 aliphatic carbocycles. The lowest BCUT2D eigenvalue weighted by molar-refractivity contribution is 0.0511. The van der Waals surface area contributed by atoms with Crippen LogP contribution >= 0.6 is 0 Å². The fourth-order valence-corrected chi connectivity index (χ4v) is 3.09. The number of amides is 1. The van der Waals surface area contributed by atoms with E-state index in [1.54, 1.807) is 4.90 Å². The Balaban J connectivity index is 1.46. The zero-order chi connectivity index (χ0) is 17.2. The molecule has 128 valence electrons. The van der Waals surface area contributed by atoms with E-state index >= 15 is 0 Å². The molecule has 2 aromatic heterocycles. The van der Waals surface area contributed by atoms with Crippen LogP contribution in [0.2, 0.25) is 0 Å². The van der Waals surface area contributed by atoms with Crippen molar-refractivity contribution >= 4 is 16.8 Å². The fourth-order valence-electron chi connectivity index (χ4n) is 3.09. The number of carbonyl (C=O) groups is 1. The number of carbonyl (C=O) groups excluding carboxylic acids is 1. The van der Waals surface area contributed by atoms with Crippen molar-refractivity contribution in [1.82, 2.24) is 19.9 Å². The Morgan fingerprint density at radius 1 is 1.28 bits per heavy atom. The van der Waals surface area contributed by atoms with Crippen LogP contribution in [-0.2, 0) is 0 Å². The summed E-state index contributed by atoms with van der Waals surface area (Å²) in [5, 5.41) is 1.01. The van der Waals surface area contributed by atoms with Crippen molar-refractivity contribution in [1.29, 1.82) is 0 Å². The molecule has 7 heteroatoms. The Labute approximate surface area is 143 Å². The lowest BCUT2D eigenvalue weighted by Gasteiger charge is -2.32. The Kier molecular flexibility index (Phi) is 4.05. The number of piperidine rings is 1. The Morgan fingerprint density at radius 3 is 2.88 bits per heavy atom. The van der Waals surface area contributed by atoms with E-state index in [1.165, 1.54) is 0 Å². The number of nitrogens with zero attached hydrogens (tertiary/aromatic N) is 3. The molecule has 6 nitrogen and oxygen atoms in total. The summed E-state index contributed by atoms with van der Waals surface area (Å²) in [5.41, 5.74) is 1.51. The lowest BCUT2D eigenvalue weighted by Crippen LogP contribution is -2.44. The number of halogens is 1. The highest BCUT2D eigenvalue weighted by atomic mass is 19.1. The van der Waals surface area contributed by atoms with E-state index in [1.807, 2.05) is 30.3 Å². The van der Waals surface area contributed by atoms with Crippen LogP contribution in [0.25, 0.3) is 10.9 Å². The molecule has 0 spiro atoms. The first kappa shape index (κ1) is 15.6. The van der Waals surface area contributed by atoms with Crippen molar-refractivity contribution in [2.45, 2.75) is 18.9 Å². The molecule has 1 atom stereocenters. The number of hydrogen-bond donors (Lipinski definition) is 1. The number of hydrogen-bond acceptors (Lipinski definition) is 4. The summed E-state index contributed by atoms with van der Waals surface area (Å²) >= 11 is 0. The number of aromatic amines is 1. The molecule has 1 saturated heterocycles. The average Bonchev–Trinajstić information content (AvgIpc) is 3.07. The van der Waals surface area contributed by atoms with Crippen LogP contribution in [0, 0.1) is 5.82 Å². The smallest absolute Gasteiger partial charge is 0.316 e. The quantitative estimate of drug-likeness (QED) is 0.796. The van der Waals surface area contributed by atoms with Gasteiger partial charge in [-0.15, -0.1) is 0 Å². The minimum Gasteiger partial charge on any atom is -0.458 e. The predicted octanol–water partition coefficient (Wildman–Crippen LogP) is 2.78. The zero-order valence-electron chi connectivity index (χ0n) is 13.5. The average molecular weight is 340 g/mol. The number of nitrogens with one attached hydrogen (secondary N) is 1. The number of para-hydroxylation sites is 1. The van der Waals surface area contributed by atoms with Crippen LogP contribution in [0.3, 0.4) is 0 Å². The van der Waals surface area contributed by atoms with Gasteiger partial charge in [-0.05, 0) is 25.0 Å². The molecule has 1 fully saturated rings. The molecule has 1 aliphatic rings. The lowest BCUT2D eigenvalue weighted by atomic mass is 10.1. The van der Waals surface area contributed by atoms with Crippen LogP contribution in [0.4, 0.5) is 4.39 Å². The molecule has 0 unspecified atom stereocenters. The van der Waals surface area contributed by atoms with E-state index in [9.17, 15) is 9.18 Å². The van der Waals surface area contributed by atoms with Gasteiger partial charge in [0.05, 0.1) is 18.9 Å². The Hall–Kier alpha value is -2.96. The molecule has 1 amide bonds. The molecular formula is C18H17FN4O2.